The Labute approximate surface area is 227 Å². The molecule has 1 heterocycles. The summed E-state index contributed by atoms with van der Waals surface area (Å²) in [6, 6.07) is 0. The average molecular weight is 533 g/mol. The second-order valence-electron chi connectivity index (χ2n) is 9.19. The van der Waals surface area contributed by atoms with Crippen LogP contribution in [0.25, 0.3) is 0 Å². The standard InChI is InChI=1S/C10H22N.C7H15NO.C6H13NO2.4CH4.Cr/c1-5-9-7-11(3,4)8-10(9)6-2;1-5-6(2)7(9)8(3)4;1-3-5(2)6(9)7-4-8;;;;;/h9-10H,5-8H2,1-4H3;6H,5H2,1-4H3;5,8H,3-4H2,1-2H3,(H,7,9);4*1H4;/q+1;;;;;;;. The number of aliphatic hydroxyl groups is 1. The van der Waals surface area contributed by atoms with Gasteiger partial charge in [-0.15, -0.1) is 0 Å². The summed E-state index contributed by atoms with van der Waals surface area (Å²) in [6.07, 6.45) is 4.49. The van der Waals surface area contributed by atoms with E-state index >= 15 is 0 Å². The average Bonchev–Trinajstić information content (AvgIpc) is 3.00. The van der Waals surface area contributed by atoms with Crippen molar-refractivity contribution in [1.29, 1.82) is 0 Å². The van der Waals surface area contributed by atoms with E-state index in [4.69, 9.17) is 5.11 Å². The third-order valence-electron chi connectivity index (χ3n) is 5.96. The summed E-state index contributed by atoms with van der Waals surface area (Å²) >= 11 is 0. The molecule has 2 amide bonds. The van der Waals surface area contributed by atoms with Crippen LogP contribution < -0.4 is 5.32 Å². The van der Waals surface area contributed by atoms with Gasteiger partial charge in [0.1, 0.15) is 6.73 Å². The Balaban J connectivity index is -0.0000000604. The third kappa shape index (κ3) is 21.9. The maximum atomic E-state index is 11.0. The van der Waals surface area contributed by atoms with Gasteiger partial charge in [0.05, 0.1) is 27.2 Å². The van der Waals surface area contributed by atoms with Gasteiger partial charge in [0, 0.05) is 55.1 Å². The normalized spacial score (nSPS) is 18.4. The molecule has 1 aliphatic heterocycles. The first kappa shape index (κ1) is 50.3. The molecule has 0 aromatic heterocycles. The molecule has 0 aliphatic carbocycles. The van der Waals surface area contributed by atoms with Crippen molar-refractivity contribution in [1.82, 2.24) is 10.2 Å². The fourth-order valence-corrected chi connectivity index (χ4v) is 3.62. The summed E-state index contributed by atoms with van der Waals surface area (Å²) in [5.41, 5.74) is 0. The fraction of sp³-hybridized carbons (Fsp3) is 0.926. The Morgan fingerprint density at radius 2 is 1.24 bits per heavy atom. The van der Waals surface area contributed by atoms with E-state index in [-0.39, 0.29) is 77.4 Å². The van der Waals surface area contributed by atoms with Gasteiger partial charge >= 0.3 is 0 Å². The molecule has 0 saturated carbocycles. The Kier molecular flexibility index (Phi) is 39.9. The van der Waals surface area contributed by atoms with Crippen molar-refractivity contribution in [3.05, 3.63) is 0 Å². The summed E-state index contributed by atoms with van der Waals surface area (Å²) in [7, 11) is 8.29. The van der Waals surface area contributed by atoms with Crippen molar-refractivity contribution in [3.8, 4) is 0 Å². The molecule has 1 rings (SSSR count). The molecule has 212 valence electrons. The summed E-state index contributed by atoms with van der Waals surface area (Å²) in [4.78, 5) is 23.3. The van der Waals surface area contributed by atoms with Gasteiger partial charge in [0.2, 0.25) is 11.8 Å². The zero-order chi connectivity index (χ0) is 23.2. The van der Waals surface area contributed by atoms with Crippen LogP contribution in [0.3, 0.4) is 0 Å². The van der Waals surface area contributed by atoms with Gasteiger partial charge in [-0.1, -0.05) is 71.2 Å². The van der Waals surface area contributed by atoms with Crippen LogP contribution in [0.5, 0.6) is 0 Å². The minimum Gasteiger partial charge on any atom is -0.377 e. The van der Waals surface area contributed by atoms with E-state index in [2.05, 4.69) is 33.3 Å². The van der Waals surface area contributed by atoms with Crippen LogP contribution in [0.4, 0.5) is 0 Å². The molecule has 6 nitrogen and oxygen atoms in total. The zero-order valence-corrected chi connectivity index (χ0v) is 22.6. The van der Waals surface area contributed by atoms with Crippen molar-refractivity contribution >= 4 is 11.8 Å². The van der Waals surface area contributed by atoms with Gasteiger partial charge in [-0.25, -0.2) is 0 Å². The van der Waals surface area contributed by atoms with Crippen LogP contribution in [-0.2, 0) is 27.0 Å². The number of amides is 2. The Morgan fingerprint density at radius 1 is 0.882 bits per heavy atom. The van der Waals surface area contributed by atoms with Crippen LogP contribution in [-0.4, -0.2) is 74.3 Å². The first-order valence-corrected chi connectivity index (χ1v) is 11.3. The first-order chi connectivity index (χ1) is 13.4. The number of nitrogens with zero attached hydrogens (tertiary/aromatic N) is 2. The van der Waals surface area contributed by atoms with Gasteiger partial charge in [-0.2, -0.15) is 0 Å². The first-order valence-electron chi connectivity index (χ1n) is 11.3. The molecule has 0 aromatic rings. The molecule has 34 heavy (non-hydrogen) atoms. The third-order valence-corrected chi connectivity index (χ3v) is 5.96. The Morgan fingerprint density at radius 3 is 1.44 bits per heavy atom. The van der Waals surface area contributed by atoms with Gasteiger partial charge in [0.15, 0.2) is 0 Å². The summed E-state index contributed by atoms with van der Waals surface area (Å²) in [5, 5.41) is 10.6. The molecule has 1 saturated heterocycles. The van der Waals surface area contributed by atoms with Crippen LogP contribution in [0.2, 0.25) is 0 Å². The summed E-state index contributed by atoms with van der Waals surface area (Å²) in [5.74, 6) is 2.32. The molecule has 1 fully saturated rings. The number of carbonyl (C=O) groups excluding carboxylic acids is 2. The summed E-state index contributed by atoms with van der Waals surface area (Å²) in [6.45, 7) is 14.9. The van der Waals surface area contributed by atoms with Gasteiger partial charge in [-0.05, 0) is 25.7 Å². The van der Waals surface area contributed by atoms with E-state index < -0.39 is 0 Å². The molecule has 2 N–H and O–H groups in total. The maximum absolute atomic E-state index is 11.0. The van der Waals surface area contributed by atoms with Gasteiger partial charge < -0.3 is 19.8 Å². The number of nitrogens with one attached hydrogen (secondary N) is 1. The molecular weight excluding hydrogens is 466 g/mol. The monoisotopic (exact) mass is 532 g/mol. The van der Waals surface area contributed by atoms with E-state index in [1.165, 1.54) is 30.4 Å². The van der Waals surface area contributed by atoms with Crippen molar-refractivity contribution < 1.29 is 36.5 Å². The van der Waals surface area contributed by atoms with Crippen LogP contribution >= 0.6 is 0 Å². The zero-order valence-electron chi connectivity index (χ0n) is 21.3. The minimum atomic E-state index is -0.261. The van der Waals surface area contributed by atoms with Crippen LogP contribution in [0.15, 0.2) is 0 Å². The van der Waals surface area contributed by atoms with Gasteiger partial charge in [-0.3, -0.25) is 9.59 Å². The van der Waals surface area contributed by atoms with Crippen molar-refractivity contribution in [2.75, 3.05) is 48.0 Å². The second-order valence-corrected chi connectivity index (χ2v) is 9.19. The van der Waals surface area contributed by atoms with Crippen LogP contribution in [0, 0.1) is 23.7 Å². The van der Waals surface area contributed by atoms with E-state index in [1.54, 1.807) is 19.0 Å². The maximum Gasteiger partial charge on any atom is 0.224 e. The largest absolute Gasteiger partial charge is 0.377 e. The molecular formula is C27H66CrN3O3+. The molecule has 1 aliphatic rings. The molecule has 0 bridgehead atoms. The molecule has 7 heteroatoms. The van der Waals surface area contributed by atoms with E-state index in [0.717, 1.165) is 24.7 Å². The smallest absolute Gasteiger partial charge is 0.224 e. The van der Waals surface area contributed by atoms with Crippen molar-refractivity contribution in [2.45, 2.75) is 96.9 Å². The minimum absolute atomic E-state index is 0. The SMILES string of the molecule is C.C.C.C.CCC(C)C(=O)N(C)C.CCC(C)C(=O)NCO.CCC1C[N+](C)(C)CC1CC.[Cr]. The fourth-order valence-electron chi connectivity index (χ4n) is 3.62. The Hall–Kier alpha value is -0.608. The summed E-state index contributed by atoms with van der Waals surface area (Å²) < 4.78 is 1.25. The predicted molar refractivity (Wildman–Crippen MR) is 149 cm³/mol. The number of carbonyl (C=O) groups is 2. The predicted octanol–water partition coefficient (Wildman–Crippen LogP) is 5.89. The number of hydrogen-bond donors (Lipinski definition) is 2. The molecule has 4 atom stereocenters. The van der Waals surface area contributed by atoms with E-state index in [9.17, 15) is 9.59 Å². The van der Waals surface area contributed by atoms with E-state index in [0.29, 0.717) is 0 Å². The molecule has 4 unspecified atom stereocenters. The number of likely N-dealkylation sites (tertiary alicyclic amines) is 1. The number of hydrogen-bond acceptors (Lipinski definition) is 3. The molecule has 0 aromatic carbocycles. The molecule has 0 spiro atoms. The van der Waals surface area contributed by atoms with E-state index in [1.807, 2.05) is 27.7 Å². The topological polar surface area (TPSA) is 69.6 Å². The van der Waals surface area contributed by atoms with Crippen LogP contribution in [0.1, 0.15) is 96.9 Å². The molecule has 0 radical (unpaired) electrons. The van der Waals surface area contributed by atoms with Crippen molar-refractivity contribution in [3.63, 3.8) is 0 Å². The number of aliphatic hydroxyl groups excluding tert-OH is 1. The second kappa shape index (κ2) is 27.0. The van der Waals surface area contributed by atoms with Crippen molar-refractivity contribution in [2.24, 2.45) is 23.7 Å². The number of quaternary nitrogens is 1. The Bertz CT molecular complexity index is 446. The van der Waals surface area contributed by atoms with Gasteiger partial charge in [0.25, 0.3) is 0 Å². The number of rotatable bonds is 7. The quantitative estimate of drug-likeness (QED) is 0.317.